The van der Waals surface area contributed by atoms with E-state index < -0.39 is 0 Å². The Balaban J connectivity index is 2.12. The second-order valence-corrected chi connectivity index (χ2v) is 5.89. The largest absolute Gasteiger partial charge is 0.322 e. The van der Waals surface area contributed by atoms with Gasteiger partial charge in [-0.3, -0.25) is 4.79 Å². The van der Waals surface area contributed by atoms with Crippen molar-refractivity contribution in [3.8, 4) is 0 Å². The van der Waals surface area contributed by atoms with Gasteiger partial charge in [-0.1, -0.05) is 28.1 Å². The van der Waals surface area contributed by atoms with E-state index in [0.717, 1.165) is 15.0 Å². The van der Waals surface area contributed by atoms with Crippen LogP contribution < -0.4 is 5.73 Å². The first-order valence-electron chi connectivity index (χ1n) is 5.55. The summed E-state index contributed by atoms with van der Waals surface area (Å²) in [4.78, 5) is 16.3. The number of halogens is 1. The topological polar surface area (TPSA) is 56.0 Å². The number of hydrogen-bond donors (Lipinski definition) is 1. The van der Waals surface area contributed by atoms with Crippen LogP contribution in [0.25, 0.3) is 0 Å². The van der Waals surface area contributed by atoms with Crippen LogP contribution in [0.2, 0.25) is 0 Å². The molecule has 2 aromatic rings. The Kier molecular flexibility index (Phi) is 4.27. The van der Waals surface area contributed by atoms with Crippen molar-refractivity contribution in [1.29, 1.82) is 0 Å². The second kappa shape index (κ2) is 5.73. The highest BCUT2D eigenvalue weighted by molar-refractivity contribution is 9.10. The minimum absolute atomic E-state index is 0.0243. The fourth-order valence-electron chi connectivity index (χ4n) is 1.55. The zero-order valence-corrected chi connectivity index (χ0v) is 12.3. The van der Waals surface area contributed by atoms with Crippen molar-refractivity contribution in [3.63, 3.8) is 0 Å². The van der Waals surface area contributed by atoms with E-state index in [1.54, 1.807) is 5.38 Å². The van der Waals surface area contributed by atoms with Gasteiger partial charge < -0.3 is 5.73 Å². The van der Waals surface area contributed by atoms with Crippen molar-refractivity contribution in [2.45, 2.75) is 19.4 Å². The molecule has 0 saturated heterocycles. The molecule has 1 aromatic heterocycles. The van der Waals surface area contributed by atoms with Gasteiger partial charge >= 0.3 is 0 Å². The Morgan fingerprint density at radius 1 is 1.56 bits per heavy atom. The molecule has 0 fully saturated rings. The molecule has 1 atom stereocenters. The highest BCUT2D eigenvalue weighted by atomic mass is 79.9. The van der Waals surface area contributed by atoms with Crippen LogP contribution in [0, 0.1) is 0 Å². The van der Waals surface area contributed by atoms with E-state index in [0.29, 0.717) is 12.1 Å². The lowest BCUT2D eigenvalue weighted by atomic mass is 10.1. The first-order chi connectivity index (χ1) is 8.56. The molecule has 0 radical (unpaired) electrons. The van der Waals surface area contributed by atoms with Crippen molar-refractivity contribution < 1.29 is 4.79 Å². The number of carbonyl (C=O) groups is 1. The summed E-state index contributed by atoms with van der Waals surface area (Å²) in [6.07, 6.45) is 0.363. The van der Waals surface area contributed by atoms with E-state index in [-0.39, 0.29) is 11.8 Å². The molecular formula is C13H13BrN2OS. The van der Waals surface area contributed by atoms with Gasteiger partial charge in [0.25, 0.3) is 0 Å². The molecule has 1 aromatic carbocycles. The number of nitrogens with zero attached hydrogens (tertiary/aromatic N) is 1. The molecular weight excluding hydrogens is 312 g/mol. The maximum Gasteiger partial charge on any atom is 0.186 e. The highest BCUT2D eigenvalue weighted by Gasteiger charge is 2.13. The first kappa shape index (κ1) is 13.4. The summed E-state index contributed by atoms with van der Waals surface area (Å²) in [6.45, 7) is 1.86. The van der Waals surface area contributed by atoms with Crippen molar-refractivity contribution in [2.75, 3.05) is 0 Å². The standard InChI is InChI=1S/C13H13BrN2OS/c1-8(15)13-16-11(7-18-13)12(17)6-9-3-2-4-10(14)5-9/h2-5,7-8H,6,15H2,1H3. The lowest BCUT2D eigenvalue weighted by Gasteiger charge is -2.00. The lowest BCUT2D eigenvalue weighted by Crippen LogP contribution is -2.07. The highest BCUT2D eigenvalue weighted by Crippen LogP contribution is 2.18. The maximum atomic E-state index is 12.0. The molecule has 3 nitrogen and oxygen atoms in total. The van der Waals surface area contributed by atoms with Crippen molar-refractivity contribution in [3.05, 3.63) is 50.4 Å². The number of aromatic nitrogens is 1. The summed E-state index contributed by atoms with van der Waals surface area (Å²) < 4.78 is 0.974. The van der Waals surface area contributed by atoms with E-state index in [2.05, 4.69) is 20.9 Å². The number of thiazole rings is 1. The second-order valence-electron chi connectivity index (χ2n) is 4.09. The van der Waals surface area contributed by atoms with E-state index in [1.165, 1.54) is 11.3 Å². The van der Waals surface area contributed by atoms with Gasteiger partial charge in [-0.15, -0.1) is 11.3 Å². The quantitative estimate of drug-likeness (QED) is 0.877. The third-order valence-corrected chi connectivity index (χ3v) is 3.99. The van der Waals surface area contributed by atoms with Gasteiger partial charge in [0.1, 0.15) is 10.7 Å². The molecule has 0 aliphatic carbocycles. The number of Topliss-reactive ketones (excluding diaryl/α,β-unsaturated/α-hetero) is 1. The molecule has 2 N–H and O–H groups in total. The van der Waals surface area contributed by atoms with Crippen molar-refractivity contribution in [2.24, 2.45) is 5.73 Å². The molecule has 0 bridgehead atoms. The zero-order chi connectivity index (χ0) is 13.1. The predicted octanol–water partition coefficient (Wildman–Crippen LogP) is 3.35. The average molecular weight is 325 g/mol. The molecule has 0 amide bonds. The Morgan fingerprint density at radius 3 is 2.94 bits per heavy atom. The number of benzene rings is 1. The van der Waals surface area contributed by atoms with Crippen molar-refractivity contribution >= 4 is 33.0 Å². The molecule has 18 heavy (non-hydrogen) atoms. The summed E-state index contributed by atoms with van der Waals surface area (Å²) in [5.41, 5.74) is 7.21. The van der Waals surface area contributed by atoms with E-state index >= 15 is 0 Å². The van der Waals surface area contributed by atoms with Crippen LogP contribution >= 0.6 is 27.3 Å². The minimum atomic E-state index is -0.123. The van der Waals surface area contributed by atoms with Crippen molar-refractivity contribution in [1.82, 2.24) is 4.98 Å². The average Bonchev–Trinajstić information content (AvgIpc) is 2.78. The SMILES string of the molecule is CC(N)c1nc(C(=O)Cc2cccc(Br)c2)cs1. The molecule has 0 saturated carbocycles. The Hall–Kier alpha value is -1.04. The molecule has 94 valence electrons. The van der Waals surface area contributed by atoms with Crippen LogP contribution in [0.5, 0.6) is 0 Å². The summed E-state index contributed by atoms with van der Waals surface area (Å²) in [5.74, 6) is 0.0243. The van der Waals surface area contributed by atoms with Crippen LogP contribution in [-0.2, 0) is 6.42 Å². The Bertz CT molecular complexity index is 566. The molecule has 5 heteroatoms. The fourth-order valence-corrected chi connectivity index (χ4v) is 2.78. The van der Waals surface area contributed by atoms with Crippen LogP contribution in [0.3, 0.4) is 0 Å². The first-order valence-corrected chi connectivity index (χ1v) is 7.22. The number of hydrogen-bond acceptors (Lipinski definition) is 4. The zero-order valence-electron chi connectivity index (χ0n) is 9.89. The maximum absolute atomic E-state index is 12.0. The molecule has 1 heterocycles. The third-order valence-electron chi connectivity index (χ3n) is 2.45. The van der Waals surface area contributed by atoms with Crippen LogP contribution in [0.4, 0.5) is 0 Å². The van der Waals surface area contributed by atoms with Gasteiger partial charge in [0.15, 0.2) is 5.78 Å². The molecule has 0 spiro atoms. The number of ketones is 1. The Morgan fingerprint density at radius 2 is 2.33 bits per heavy atom. The van der Waals surface area contributed by atoms with Gasteiger partial charge in [0, 0.05) is 16.3 Å². The summed E-state index contributed by atoms with van der Waals surface area (Å²) in [6, 6.07) is 7.60. The van der Waals surface area contributed by atoms with E-state index in [4.69, 9.17) is 5.73 Å². The van der Waals surface area contributed by atoms with Gasteiger partial charge in [-0.05, 0) is 24.6 Å². The number of nitrogens with two attached hydrogens (primary N) is 1. The Labute approximate surface area is 118 Å². The van der Waals surface area contributed by atoms with E-state index in [9.17, 15) is 4.79 Å². The lowest BCUT2D eigenvalue weighted by molar-refractivity contribution is 0.0988. The molecule has 1 unspecified atom stereocenters. The smallest absolute Gasteiger partial charge is 0.186 e. The summed E-state index contributed by atoms with van der Waals surface area (Å²) in [7, 11) is 0. The van der Waals surface area contributed by atoms with Crippen LogP contribution in [0.1, 0.15) is 34.0 Å². The number of rotatable bonds is 4. The van der Waals surface area contributed by atoms with Crippen LogP contribution in [-0.4, -0.2) is 10.8 Å². The summed E-state index contributed by atoms with van der Waals surface area (Å²) >= 11 is 4.82. The van der Waals surface area contributed by atoms with Gasteiger partial charge in [-0.25, -0.2) is 4.98 Å². The van der Waals surface area contributed by atoms with Gasteiger partial charge in [0.2, 0.25) is 0 Å². The van der Waals surface area contributed by atoms with Gasteiger partial charge in [-0.2, -0.15) is 0 Å². The third kappa shape index (κ3) is 3.25. The normalized spacial score (nSPS) is 12.4. The van der Waals surface area contributed by atoms with Gasteiger partial charge in [0.05, 0.1) is 6.04 Å². The molecule has 0 aliphatic rings. The summed E-state index contributed by atoms with van der Waals surface area (Å²) in [5, 5.41) is 2.58. The minimum Gasteiger partial charge on any atom is -0.322 e. The molecule has 0 aliphatic heterocycles. The number of carbonyl (C=O) groups excluding carboxylic acids is 1. The fraction of sp³-hybridized carbons (Fsp3) is 0.231. The predicted molar refractivity (Wildman–Crippen MR) is 76.9 cm³/mol. The van der Waals surface area contributed by atoms with Crippen LogP contribution in [0.15, 0.2) is 34.1 Å². The van der Waals surface area contributed by atoms with E-state index in [1.807, 2.05) is 31.2 Å². The monoisotopic (exact) mass is 324 g/mol. The molecule has 2 rings (SSSR count).